The predicted octanol–water partition coefficient (Wildman–Crippen LogP) is 1.11. The number of sulfone groups is 1. The van der Waals surface area contributed by atoms with Gasteiger partial charge in [-0.2, -0.15) is 13.2 Å². The summed E-state index contributed by atoms with van der Waals surface area (Å²) in [7, 11) is -3.37. The predicted molar refractivity (Wildman–Crippen MR) is 63.1 cm³/mol. The van der Waals surface area contributed by atoms with Crippen molar-refractivity contribution in [2.45, 2.75) is 31.9 Å². The highest BCUT2D eigenvalue weighted by molar-refractivity contribution is 7.91. The van der Waals surface area contributed by atoms with Gasteiger partial charge in [0.15, 0.2) is 0 Å². The molecule has 0 heterocycles. The summed E-state index contributed by atoms with van der Waals surface area (Å²) in [6.45, 7) is 1.08. The fourth-order valence-electron chi connectivity index (χ4n) is 1.37. The third kappa shape index (κ3) is 12.1. The molecule has 0 aliphatic rings. The van der Waals surface area contributed by atoms with Crippen molar-refractivity contribution in [2.24, 2.45) is 0 Å². The Bertz CT molecular complexity index is 304. The van der Waals surface area contributed by atoms with Gasteiger partial charge in [0.25, 0.3) is 0 Å². The van der Waals surface area contributed by atoms with Crippen molar-refractivity contribution in [2.75, 3.05) is 31.2 Å². The first kappa shape index (κ1) is 17.7. The van der Waals surface area contributed by atoms with E-state index in [4.69, 9.17) is 5.11 Å². The molecule has 0 aromatic rings. The maximum atomic E-state index is 11.8. The lowest BCUT2D eigenvalue weighted by Gasteiger charge is -2.07. The number of hydrogen-bond acceptors (Lipinski definition) is 4. The van der Waals surface area contributed by atoms with Crippen molar-refractivity contribution in [3.05, 3.63) is 0 Å². The molecule has 0 atom stereocenters. The van der Waals surface area contributed by atoms with E-state index >= 15 is 0 Å². The van der Waals surface area contributed by atoms with Crippen LogP contribution in [0.4, 0.5) is 13.2 Å². The molecule has 0 radical (unpaired) electrons. The van der Waals surface area contributed by atoms with Gasteiger partial charge in [-0.25, -0.2) is 8.42 Å². The Morgan fingerprint density at radius 3 is 2.17 bits per heavy atom. The quantitative estimate of drug-likeness (QED) is 0.592. The van der Waals surface area contributed by atoms with Gasteiger partial charge in [0.05, 0.1) is 18.1 Å². The van der Waals surface area contributed by atoms with Crippen LogP contribution >= 0.6 is 0 Å². The zero-order chi connectivity index (χ0) is 14.1. The maximum Gasteiger partial charge on any atom is 0.389 e. The molecule has 8 heteroatoms. The van der Waals surface area contributed by atoms with E-state index in [9.17, 15) is 21.6 Å². The zero-order valence-electron chi connectivity index (χ0n) is 10.2. The fraction of sp³-hybridized carbons (Fsp3) is 1.00. The maximum absolute atomic E-state index is 11.8. The summed E-state index contributed by atoms with van der Waals surface area (Å²) in [6, 6.07) is 0. The van der Waals surface area contributed by atoms with E-state index in [0.717, 1.165) is 0 Å². The summed E-state index contributed by atoms with van der Waals surface area (Å²) in [5, 5.41) is 11.4. The van der Waals surface area contributed by atoms with E-state index in [0.29, 0.717) is 25.9 Å². The molecule has 0 fully saturated rings. The average Bonchev–Trinajstić information content (AvgIpc) is 2.21. The number of unbranched alkanes of at least 4 members (excludes halogenated alkanes) is 1. The molecule has 0 saturated carbocycles. The van der Waals surface area contributed by atoms with Crippen molar-refractivity contribution >= 4 is 9.84 Å². The largest absolute Gasteiger partial charge is 0.395 e. The van der Waals surface area contributed by atoms with Crippen molar-refractivity contribution in [1.82, 2.24) is 5.32 Å². The second-order valence-electron chi connectivity index (χ2n) is 4.05. The number of nitrogens with one attached hydrogen (secondary N) is 1. The first-order valence-electron chi connectivity index (χ1n) is 5.85. The topological polar surface area (TPSA) is 66.4 Å². The first-order valence-corrected chi connectivity index (χ1v) is 7.68. The Morgan fingerprint density at radius 2 is 1.61 bits per heavy atom. The summed E-state index contributed by atoms with van der Waals surface area (Å²) in [6.07, 6.45) is -4.66. The Hall–Kier alpha value is -0.340. The number of aliphatic hydroxyl groups is 1. The first-order chi connectivity index (χ1) is 8.27. The van der Waals surface area contributed by atoms with Gasteiger partial charge in [-0.15, -0.1) is 0 Å². The van der Waals surface area contributed by atoms with Crippen LogP contribution in [0.25, 0.3) is 0 Å². The molecule has 0 unspecified atom stereocenters. The SMILES string of the molecule is O=S(=O)(CCCCNCCO)CCCC(F)(F)F. The van der Waals surface area contributed by atoms with Gasteiger partial charge < -0.3 is 10.4 Å². The van der Waals surface area contributed by atoms with Crippen LogP contribution in [-0.2, 0) is 9.84 Å². The highest BCUT2D eigenvalue weighted by atomic mass is 32.2. The molecule has 0 saturated heterocycles. The molecular weight excluding hydrogens is 271 g/mol. The van der Waals surface area contributed by atoms with Crippen molar-refractivity contribution in [3.8, 4) is 0 Å². The minimum atomic E-state index is -4.29. The number of alkyl halides is 3. The summed E-state index contributed by atoms with van der Waals surface area (Å²) in [5.41, 5.74) is 0. The fourth-order valence-corrected chi connectivity index (χ4v) is 2.80. The molecule has 0 aromatic heterocycles. The van der Waals surface area contributed by atoms with E-state index in [1.54, 1.807) is 0 Å². The molecule has 0 aromatic carbocycles. The van der Waals surface area contributed by atoms with Crippen molar-refractivity contribution in [3.63, 3.8) is 0 Å². The third-order valence-corrected chi connectivity index (χ3v) is 4.08. The van der Waals surface area contributed by atoms with Crippen LogP contribution in [0.3, 0.4) is 0 Å². The summed E-state index contributed by atoms with van der Waals surface area (Å²) >= 11 is 0. The summed E-state index contributed by atoms with van der Waals surface area (Å²) in [4.78, 5) is 0. The van der Waals surface area contributed by atoms with Crippen LogP contribution in [0, 0.1) is 0 Å². The Balaban J connectivity index is 3.62. The molecule has 0 aliphatic heterocycles. The third-order valence-electron chi connectivity index (χ3n) is 2.26. The van der Waals surface area contributed by atoms with E-state index < -0.39 is 28.2 Å². The molecule has 0 rings (SSSR count). The van der Waals surface area contributed by atoms with Crippen LogP contribution in [0.2, 0.25) is 0 Å². The van der Waals surface area contributed by atoms with Gasteiger partial charge in [-0.3, -0.25) is 0 Å². The van der Waals surface area contributed by atoms with Gasteiger partial charge in [-0.05, 0) is 25.8 Å². The lowest BCUT2D eigenvalue weighted by Crippen LogP contribution is -2.20. The van der Waals surface area contributed by atoms with Crippen LogP contribution in [0.1, 0.15) is 25.7 Å². The Morgan fingerprint density at radius 1 is 1.00 bits per heavy atom. The van der Waals surface area contributed by atoms with Gasteiger partial charge in [0, 0.05) is 13.0 Å². The second-order valence-corrected chi connectivity index (χ2v) is 6.35. The monoisotopic (exact) mass is 291 g/mol. The van der Waals surface area contributed by atoms with Crippen molar-refractivity contribution < 1.29 is 26.7 Å². The van der Waals surface area contributed by atoms with E-state index in [1.165, 1.54) is 0 Å². The highest BCUT2D eigenvalue weighted by Crippen LogP contribution is 2.21. The van der Waals surface area contributed by atoms with Gasteiger partial charge in [-0.1, -0.05) is 0 Å². The standard InChI is InChI=1S/C10H20F3NO3S/c11-10(12,13)4-3-9-18(16,17)8-2-1-5-14-6-7-15/h14-15H,1-9H2. The Kier molecular flexibility index (Phi) is 8.54. The van der Waals surface area contributed by atoms with Crippen LogP contribution in [0.15, 0.2) is 0 Å². The Labute approximate surface area is 105 Å². The number of halogens is 3. The van der Waals surface area contributed by atoms with Crippen molar-refractivity contribution in [1.29, 1.82) is 0 Å². The number of hydrogen-bond donors (Lipinski definition) is 2. The van der Waals surface area contributed by atoms with E-state index in [1.807, 2.05) is 0 Å². The summed E-state index contributed by atoms with van der Waals surface area (Å²) < 4.78 is 58.3. The average molecular weight is 291 g/mol. The lowest BCUT2D eigenvalue weighted by molar-refractivity contribution is -0.134. The molecule has 110 valence electrons. The molecular formula is C10H20F3NO3S. The molecule has 18 heavy (non-hydrogen) atoms. The zero-order valence-corrected chi connectivity index (χ0v) is 11.0. The minimum Gasteiger partial charge on any atom is -0.395 e. The van der Waals surface area contributed by atoms with Crippen LogP contribution in [-0.4, -0.2) is 50.9 Å². The van der Waals surface area contributed by atoms with E-state index in [-0.39, 0.29) is 18.8 Å². The second kappa shape index (κ2) is 8.71. The number of aliphatic hydroxyl groups excluding tert-OH is 1. The minimum absolute atomic E-state index is 0.0236. The highest BCUT2D eigenvalue weighted by Gasteiger charge is 2.27. The van der Waals surface area contributed by atoms with Gasteiger partial charge in [0.2, 0.25) is 0 Å². The van der Waals surface area contributed by atoms with Gasteiger partial charge >= 0.3 is 6.18 Å². The lowest BCUT2D eigenvalue weighted by atomic mass is 10.3. The molecule has 0 bridgehead atoms. The normalized spacial score (nSPS) is 12.9. The number of rotatable bonds is 10. The molecule has 0 amide bonds. The summed E-state index contributed by atoms with van der Waals surface area (Å²) in [5.74, 6) is -0.484. The van der Waals surface area contributed by atoms with Crippen LogP contribution in [0.5, 0.6) is 0 Å². The smallest absolute Gasteiger partial charge is 0.389 e. The molecule has 2 N–H and O–H groups in total. The van der Waals surface area contributed by atoms with Gasteiger partial charge in [0.1, 0.15) is 9.84 Å². The molecule has 4 nitrogen and oxygen atoms in total. The van der Waals surface area contributed by atoms with Crippen LogP contribution < -0.4 is 5.32 Å². The molecule has 0 aliphatic carbocycles. The van der Waals surface area contributed by atoms with E-state index in [2.05, 4.69) is 5.32 Å². The molecule has 0 spiro atoms.